The van der Waals surface area contributed by atoms with Crippen molar-refractivity contribution in [1.29, 1.82) is 0 Å². The molecule has 1 heterocycles. The number of likely N-dealkylation sites (N-methyl/N-ethyl adjacent to an activating group) is 1. The van der Waals surface area contributed by atoms with Crippen molar-refractivity contribution in [2.24, 2.45) is 0 Å². The van der Waals surface area contributed by atoms with E-state index in [0.717, 1.165) is 19.6 Å². The number of nitrogens with one attached hydrogen (secondary N) is 1. The van der Waals surface area contributed by atoms with Crippen molar-refractivity contribution in [3.05, 3.63) is 42.0 Å². The van der Waals surface area contributed by atoms with Crippen LogP contribution in [0.25, 0.3) is 6.08 Å². The Hall–Kier alpha value is -1.12. The first-order chi connectivity index (χ1) is 7.36. The van der Waals surface area contributed by atoms with Crippen LogP contribution >= 0.6 is 0 Å². The molecule has 1 fully saturated rings. The second kappa shape index (κ2) is 5.10. The number of benzene rings is 1. The van der Waals surface area contributed by atoms with Crippen LogP contribution in [0, 0.1) is 0 Å². The van der Waals surface area contributed by atoms with Gasteiger partial charge in [-0.2, -0.15) is 0 Å². The second-order valence-corrected chi connectivity index (χ2v) is 4.02. The molecule has 0 amide bonds. The summed E-state index contributed by atoms with van der Waals surface area (Å²) < 4.78 is 0. The lowest BCUT2D eigenvalue weighted by molar-refractivity contribution is 0.237. The molecule has 80 valence electrons. The first kappa shape index (κ1) is 10.4. The molecule has 15 heavy (non-hydrogen) atoms. The van der Waals surface area contributed by atoms with Crippen molar-refractivity contribution < 1.29 is 0 Å². The Labute approximate surface area is 91.6 Å². The zero-order valence-electron chi connectivity index (χ0n) is 9.19. The van der Waals surface area contributed by atoms with Gasteiger partial charge in [0.2, 0.25) is 0 Å². The summed E-state index contributed by atoms with van der Waals surface area (Å²) in [7, 11) is 2.18. The van der Waals surface area contributed by atoms with E-state index in [4.69, 9.17) is 0 Å². The van der Waals surface area contributed by atoms with Gasteiger partial charge in [-0.1, -0.05) is 42.5 Å². The third-order valence-electron chi connectivity index (χ3n) is 2.87. The molecule has 0 spiro atoms. The zero-order chi connectivity index (χ0) is 10.5. The fourth-order valence-electron chi connectivity index (χ4n) is 1.83. The molecule has 1 aliphatic rings. The van der Waals surface area contributed by atoms with Crippen LogP contribution in [-0.2, 0) is 0 Å². The van der Waals surface area contributed by atoms with E-state index in [2.05, 4.69) is 53.7 Å². The largest absolute Gasteiger partial charge is 0.314 e. The fourth-order valence-corrected chi connectivity index (χ4v) is 1.83. The minimum atomic E-state index is 0.527. The summed E-state index contributed by atoms with van der Waals surface area (Å²) >= 11 is 0. The van der Waals surface area contributed by atoms with Crippen molar-refractivity contribution in [3.63, 3.8) is 0 Å². The highest BCUT2D eigenvalue weighted by molar-refractivity contribution is 5.49. The highest BCUT2D eigenvalue weighted by atomic mass is 15.2. The van der Waals surface area contributed by atoms with E-state index in [1.165, 1.54) is 5.56 Å². The molecule has 1 aromatic carbocycles. The Morgan fingerprint density at radius 1 is 1.33 bits per heavy atom. The quantitative estimate of drug-likeness (QED) is 0.783. The number of rotatable bonds is 2. The topological polar surface area (TPSA) is 15.3 Å². The van der Waals surface area contributed by atoms with Crippen LogP contribution < -0.4 is 5.32 Å². The molecule has 2 nitrogen and oxygen atoms in total. The smallest absolute Gasteiger partial charge is 0.0403 e. The third-order valence-corrected chi connectivity index (χ3v) is 2.87. The summed E-state index contributed by atoms with van der Waals surface area (Å²) in [4.78, 5) is 2.38. The van der Waals surface area contributed by atoms with Crippen molar-refractivity contribution in [1.82, 2.24) is 10.2 Å². The molecule has 0 aliphatic carbocycles. The highest BCUT2D eigenvalue weighted by Gasteiger charge is 2.14. The van der Waals surface area contributed by atoms with Gasteiger partial charge < -0.3 is 5.32 Å². The molecule has 2 rings (SSSR count). The monoisotopic (exact) mass is 202 g/mol. The van der Waals surface area contributed by atoms with E-state index in [1.54, 1.807) is 0 Å². The van der Waals surface area contributed by atoms with Gasteiger partial charge in [-0.3, -0.25) is 4.90 Å². The Balaban J connectivity index is 1.98. The number of nitrogens with zero attached hydrogens (tertiary/aromatic N) is 1. The average molecular weight is 202 g/mol. The summed E-state index contributed by atoms with van der Waals surface area (Å²) in [6, 6.07) is 11.0. The van der Waals surface area contributed by atoms with Crippen LogP contribution in [-0.4, -0.2) is 37.6 Å². The average Bonchev–Trinajstić information content (AvgIpc) is 2.29. The summed E-state index contributed by atoms with van der Waals surface area (Å²) in [5, 5.41) is 3.41. The Bertz CT molecular complexity index is 319. The van der Waals surface area contributed by atoms with Crippen LogP contribution in [0.15, 0.2) is 36.4 Å². The first-order valence-electron chi connectivity index (χ1n) is 5.50. The summed E-state index contributed by atoms with van der Waals surface area (Å²) in [6.45, 7) is 3.29. The summed E-state index contributed by atoms with van der Waals surface area (Å²) in [5.41, 5.74) is 1.27. The zero-order valence-corrected chi connectivity index (χ0v) is 9.19. The van der Waals surface area contributed by atoms with E-state index in [1.807, 2.05) is 6.07 Å². The SMILES string of the molecule is CN1CCNCC1/C=C/c1ccccc1. The molecular weight excluding hydrogens is 184 g/mol. The van der Waals surface area contributed by atoms with Crippen LogP contribution in [0.2, 0.25) is 0 Å². The molecule has 1 unspecified atom stereocenters. The van der Waals surface area contributed by atoms with Gasteiger partial charge in [-0.05, 0) is 12.6 Å². The van der Waals surface area contributed by atoms with Gasteiger partial charge in [-0.15, -0.1) is 0 Å². The maximum atomic E-state index is 3.41. The van der Waals surface area contributed by atoms with Crippen LogP contribution in [0.5, 0.6) is 0 Å². The van der Waals surface area contributed by atoms with Crippen molar-refractivity contribution >= 4 is 6.08 Å². The molecular formula is C13H18N2. The summed E-state index contributed by atoms with van der Waals surface area (Å²) in [6.07, 6.45) is 4.48. The van der Waals surface area contributed by atoms with Gasteiger partial charge in [-0.25, -0.2) is 0 Å². The van der Waals surface area contributed by atoms with Crippen LogP contribution in [0.1, 0.15) is 5.56 Å². The Morgan fingerprint density at radius 3 is 2.87 bits per heavy atom. The molecule has 2 heteroatoms. The first-order valence-corrected chi connectivity index (χ1v) is 5.50. The van der Waals surface area contributed by atoms with Crippen molar-refractivity contribution in [3.8, 4) is 0 Å². The molecule has 0 bridgehead atoms. The molecule has 1 atom stereocenters. The molecule has 0 aromatic heterocycles. The number of piperazine rings is 1. The molecule has 1 aliphatic heterocycles. The molecule has 1 N–H and O–H groups in total. The van der Waals surface area contributed by atoms with Crippen molar-refractivity contribution in [2.45, 2.75) is 6.04 Å². The fraction of sp³-hybridized carbons (Fsp3) is 0.385. The lowest BCUT2D eigenvalue weighted by Crippen LogP contribution is -2.48. The van der Waals surface area contributed by atoms with E-state index in [-0.39, 0.29) is 0 Å². The van der Waals surface area contributed by atoms with Crippen LogP contribution in [0.4, 0.5) is 0 Å². The van der Waals surface area contributed by atoms with Gasteiger partial charge >= 0.3 is 0 Å². The Morgan fingerprint density at radius 2 is 2.13 bits per heavy atom. The van der Waals surface area contributed by atoms with E-state index < -0.39 is 0 Å². The molecule has 1 aromatic rings. The standard InChI is InChI=1S/C13H18N2/c1-15-10-9-14-11-13(15)8-7-12-5-3-2-4-6-12/h2-8,13-14H,9-11H2,1H3/b8-7+. The predicted octanol–water partition coefficient (Wildman–Crippen LogP) is 1.60. The maximum Gasteiger partial charge on any atom is 0.0403 e. The number of hydrogen-bond donors (Lipinski definition) is 1. The van der Waals surface area contributed by atoms with Gasteiger partial charge in [0.1, 0.15) is 0 Å². The Kier molecular flexibility index (Phi) is 3.54. The minimum Gasteiger partial charge on any atom is -0.314 e. The third kappa shape index (κ3) is 2.91. The van der Waals surface area contributed by atoms with E-state index >= 15 is 0 Å². The van der Waals surface area contributed by atoms with Gasteiger partial charge in [0.25, 0.3) is 0 Å². The van der Waals surface area contributed by atoms with Crippen LogP contribution in [0.3, 0.4) is 0 Å². The molecule has 0 saturated carbocycles. The lowest BCUT2D eigenvalue weighted by Gasteiger charge is -2.30. The van der Waals surface area contributed by atoms with Gasteiger partial charge in [0.05, 0.1) is 0 Å². The molecule has 0 radical (unpaired) electrons. The van der Waals surface area contributed by atoms with Crippen molar-refractivity contribution in [2.75, 3.05) is 26.7 Å². The van der Waals surface area contributed by atoms with Gasteiger partial charge in [0, 0.05) is 25.7 Å². The van der Waals surface area contributed by atoms with E-state index in [0.29, 0.717) is 6.04 Å². The second-order valence-electron chi connectivity index (χ2n) is 4.02. The highest BCUT2D eigenvalue weighted by Crippen LogP contribution is 2.06. The number of hydrogen-bond acceptors (Lipinski definition) is 2. The van der Waals surface area contributed by atoms with Gasteiger partial charge in [0.15, 0.2) is 0 Å². The maximum absolute atomic E-state index is 3.41. The predicted molar refractivity (Wildman–Crippen MR) is 64.8 cm³/mol. The van der Waals surface area contributed by atoms with E-state index in [9.17, 15) is 0 Å². The molecule has 1 saturated heterocycles. The summed E-state index contributed by atoms with van der Waals surface area (Å²) in [5.74, 6) is 0. The normalized spacial score (nSPS) is 23.4. The lowest BCUT2D eigenvalue weighted by atomic mass is 10.1. The minimum absolute atomic E-state index is 0.527.